The van der Waals surface area contributed by atoms with Crippen LogP contribution in [0.4, 0.5) is 0 Å². The number of rotatable bonds is 0. The molecule has 0 aromatic carbocycles. The molecule has 0 heterocycles. The molecular formula is C4H14Cl2OSn2. The van der Waals surface area contributed by atoms with E-state index in [9.17, 15) is 0 Å². The summed E-state index contributed by atoms with van der Waals surface area (Å²) in [6.07, 6.45) is 0. The first-order valence-corrected chi connectivity index (χ1v) is 21.0. The fourth-order valence-electron chi connectivity index (χ4n) is 0. The Kier molecular flexibility index (Phi) is 24.5. The molecule has 5 heteroatoms. The van der Waals surface area contributed by atoms with Gasteiger partial charge in [0.25, 0.3) is 0 Å². The molecule has 58 valence electrons. The van der Waals surface area contributed by atoms with Crippen LogP contribution < -0.4 is 0 Å². The molecule has 0 spiro atoms. The van der Waals surface area contributed by atoms with E-state index < -0.39 is 37.3 Å². The van der Waals surface area contributed by atoms with Crippen molar-refractivity contribution in [3.05, 3.63) is 0 Å². The summed E-state index contributed by atoms with van der Waals surface area (Å²) in [4.78, 5) is 8.52. The van der Waals surface area contributed by atoms with Gasteiger partial charge in [0.15, 0.2) is 0 Å². The molecule has 0 aromatic heterocycles. The third-order valence-corrected chi connectivity index (χ3v) is 0. The molecule has 0 aliphatic rings. The van der Waals surface area contributed by atoms with Gasteiger partial charge in [0.2, 0.25) is 0 Å². The van der Waals surface area contributed by atoms with Crippen molar-refractivity contribution in [3.8, 4) is 0 Å². The molecule has 0 saturated carbocycles. The summed E-state index contributed by atoms with van der Waals surface area (Å²) < 4.78 is 0. The fourth-order valence-corrected chi connectivity index (χ4v) is 0. The molecule has 1 nitrogen and oxygen atoms in total. The predicted octanol–water partition coefficient (Wildman–Crippen LogP) is 2.13. The van der Waals surface area contributed by atoms with Crippen LogP contribution in [-0.2, 0) is 0 Å². The third kappa shape index (κ3) is 147. The average molecular weight is 386 g/mol. The van der Waals surface area contributed by atoms with Crippen molar-refractivity contribution >= 4 is 55.1 Å². The average Bonchev–Trinajstić information content (AvgIpc) is 1.25. The van der Waals surface area contributed by atoms with Gasteiger partial charge in [-0.05, 0) is 0 Å². The van der Waals surface area contributed by atoms with E-state index in [1.54, 1.807) is 0 Å². The maximum absolute atomic E-state index is 5.47. The summed E-state index contributed by atoms with van der Waals surface area (Å²) in [5.41, 5.74) is 0. The number of hydrogen-bond acceptors (Lipinski definition) is 0. The van der Waals surface area contributed by atoms with E-state index in [1.807, 2.05) is 0 Å². The molecule has 0 saturated heterocycles. The van der Waals surface area contributed by atoms with Crippen molar-refractivity contribution in [1.29, 1.82) is 0 Å². The predicted molar refractivity (Wildman–Crippen MR) is 50.3 cm³/mol. The van der Waals surface area contributed by atoms with Crippen LogP contribution >= 0.6 is 17.8 Å². The molecule has 0 aliphatic heterocycles. The van der Waals surface area contributed by atoms with Crippen LogP contribution in [0, 0.1) is 0 Å². The molecule has 2 N–H and O–H groups in total. The Morgan fingerprint density at radius 3 is 0.778 bits per heavy atom. The zero-order valence-corrected chi connectivity index (χ0v) is 13.5. The van der Waals surface area contributed by atoms with E-state index in [0.717, 1.165) is 0 Å². The maximum atomic E-state index is 5.47. The minimum absolute atomic E-state index is 0. The summed E-state index contributed by atoms with van der Waals surface area (Å²) in [6.45, 7) is 0. The molecule has 0 unspecified atom stereocenters. The molecular weight excluding hydrogens is 372 g/mol. The van der Waals surface area contributed by atoms with E-state index in [0.29, 0.717) is 0 Å². The van der Waals surface area contributed by atoms with Crippen LogP contribution in [0.15, 0.2) is 0 Å². The van der Waals surface area contributed by atoms with E-state index in [1.165, 1.54) is 0 Å². The second-order valence-electron chi connectivity index (χ2n) is 1.76. The van der Waals surface area contributed by atoms with Crippen molar-refractivity contribution in [2.45, 2.75) is 19.8 Å². The van der Waals surface area contributed by atoms with Crippen molar-refractivity contribution in [1.82, 2.24) is 0 Å². The second-order valence-corrected chi connectivity index (χ2v) is 21.9. The Bertz CT molecular complexity index is 32.0. The van der Waals surface area contributed by atoms with Crippen molar-refractivity contribution in [3.63, 3.8) is 0 Å². The Hall–Kier alpha value is 2.14. The first-order valence-electron chi connectivity index (χ1n) is 2.38. The van der Waals surface area contributed by atoms with Gasteiger partial charge in [0, 0.05) is 0 Å². The van der Waals surface area contributed by atoms with E-state index in [4.69, 9.17) is 17.8 Å². The van der Waals surface area contributed by atoms with Gasteiger partial charge < -0.3 is 5.48 Å². The van der Waals surface area contributed by atoms with Crippen molar-refractivity contribution < 1.29 is 5.48 Å². The number of hydrogen-bond donors (Lipinski definition) is 0. The Balaban J connectivity index is -0.0000000720. The third-order valence-electron chi connectivity index (χ3n) is 0. The molecule has 0 aliphatic carbocycles. The number of halogens is 2. The van der Waals surface area contributed by atoms with Gasteiger partial charge >= 0.3 is 74.9 Å². The zero-order chi connectivity index (χ0) is 7.15. The summed E-state index contributed by atoms with van der Waals surface area (Å²) >= 11 is -2.14. The van der Waals surface area contributed by atoms with Gasteiger partial charge in [-0.3, -0.25) is 0 Å². The van der Waals surface area contributed by atoms with Crippen molar-refractivity contribution in [2.75, 3.05) is 0 Å². The van der Waals surface area contributed by atoms with E-state index in [2.05, 4.69) is 19.8 Å². The molecule has 0 rings (SSSR count). The SMILES string of the molecule is O.[CH3][Sn]([CH3])[Cl].[CH3][Sn]([CH3])[Cl]. The van der Waals surface area contributed by atoms with Crippen LogP contribution in [0.3, 0.4) is 0 Å². The topological polar surface area (TPSA) is 31.5 Å². The minimum atomic E-state index is -1.07. The van der Waals surface area contributed by atoms with Gasteiger partial charge in [-0.1, -0.05) is 0 Å². The van der Waals surface area contributed by atoms with Crippen LogP contribution in [-0.4, -0.2) is 42.7 Å². The van der Waals surface area contributed by atoms with Gasteiger partial charge in [0.1, 0.15) is 0 Å². The summed E-state index contributed by atoms with van der Waals surface area (Å²) in [6, 6.07) is 0. The summed E-state index contributed by atoms with van der Waals surface area (Å²) in [7, 11) is 10.9. The summed E-state index contributed by atoms with van der Waals surface area (Å²) in [5.74, 6) is 0. The molecule has 2 radical (unpaired) electrons. The van der Waals surface area contributed by atoms with Gasteiger partial charge in [-0.2, -0.15) is 0 Å². The Morgan fingerprint density at radius 1 is 0.778 bits per heavy atom. The molecule has 0 atom stereocenters. The fraction of sp³-hybridized carbons (Fsp3) is 1.00. The first kappa shape index (κ1) is 17.3. The standard InChI is InChI=1S/4CH3.2ClH.H2O.2Sn/h4*1H3;2*1H;1H2;;/q;;;;;;;2*+1/p-2. The molecule has 0 fully saturated rings. The zero-order valence-electron chi connectivity index (χ0n) is 6.26. The van der Waals surface area contributed by atoms with E-state index >= 15 is 0 Å². The first-order chi connectivity index (χ1) is 3.46. The molecule has 0 bridgehead atoms. The quantitative estimate of drug-likeness (QED) is 0.572. The Morgan fingerprint density at radius 2 is 0.778 bits per heavy atom. The van der Waals surface area contributed by atoms with Crippen LogP contribution in [0.25, 0.3) is 0 Å². The van der Waals surface area contributed by atoms with Crippen LogP contribution in [0.1, 0.15) is 0 Å². The Labute approximate surface area is 79.3 Å². The van der Waals surface area contributed by atoms with Gasteiger partial charge in [0.05, 0.1) is 0 Å². The van der Waals surface area contributed by atoms with Crippen LogP contribution in [0.5, 0.6) is 0 Å². The van der Waals surface area contributed by atoms with Gasteiger partial charge in [-0.25, -0.2) is 0 Å². The molecule has 9 heavy (non-hydrogen) atoms. The van der Waals surface area contributed by atoms with Crippen LogP contribution in [0.2, 0.25) is 19.8 Å². The normalized spacial score (nSPS) is 8.00. The van der Waals surface area contributed by atoms with E-state index in [-0.39, 0.29) is 5.48 Å². The van der Waals surface area contributed by atoms with Gasteiger partial charge in [-0.15, -0.1) is 0 Å². The van der Waals surface area contributed by atoms with Crippen molar-refractivity contribution in [2.24, 2.45) is 0 Å². The molecule has 0 amide bonds. The monoisotopic (exact) mass is 388 g/mol. The summed E-state index contributed by atoms with van der Waals surface area (Å²) in [5, 5.41) is 0. The second kappa shape index (κ2) is 12.8. The molecule has 0 aromatic rings.